The quantitative estimate of drug-likeness (QED) is 0.869. The number of carbonyl (C=O) groups is 1. The number of nitrogens with zero attached hydrogens (tertiary/aromatic N) is 1. The first-order chi connectivity index (χ1) is 10.1. The van der Waals surface area contributed by atoms with Crippen molar-refractivity contribution in [2.24, 2.45) is 0 Å². The van der Waals surface area contributed by atoms with Gasteiger partial charge in [-0.05, 0) is 37.7 Å². The van der Waals surface area contributed by atoms with Gasteiger partial charge in [-0.25, -0.2) is 0 Å². The maximum absolute atomic E-state index is 12.2. The van der Waals surface area contributed by atoms with Crippen LogP contribution in [0.15, 0.2) is 30.3 Å². The highest BCUT2D eigenvalue weighted by Gasteiger charge is 2.30. The van der Waals surface area contributed by atoms with E-state index in [1.165, 1.54) is 5.56 Å². The van der Waals surface area contributed by atoms with Crippen LogP contribution in [-0.2, 0) is 11.2 Å². The highest BCUT2D eigenvalue weighted by Crippen LogP contribution is 2.22. The van der Waals surface area contributed by atoms with Gasteiger partial charge in [0.15, 0.2) is 0 Å². The normalized spacial score (nSPS) is 22.9. The molecule has 1 aromatic carbocycles. The molecule has 0 radical (unpaired) electrons. The molecule has 21 heavy (non-hydrogen) atoms. The fourth-order valence-corrected chi connectivity index (χ4v) is 2.83. The molecule has 1 heterocycles. The summed E-state index contributed by atoms with van der Waals surface area (Å²) in [5, 5.41) is 19.3. The van der Waals surface area contributed by atoms with Crippen LogP contribution in [-0.4, -0.2) is 46.3 Å². The average Bonchev–Trinajstić information content (AvgIpc) is 2.71. The van der Waals surface area contributed by atoms with Crippen LogP contribution in [0.1, 0.15) is 37.7 Å². The van der Waals surface area contributed by atoms with E-state index in [0.29, 0.717) is 32.4 Å². The summed E-state index contributed by atoms with van der Waals surface area (Å²) in [7, 11) is 0. The number of aliphatic hydroxyl groups excluding tert-OH is 1. The molecule has 1 amide bonds. The molecule has 0 aromatic heterocycles. The predicted octanol–water partition coefficient (Wildman–Crippen LogP) is 1.75. The van der Waals surface area contributed by atoms with E-state index in [2.05, 4.69) is 12.1 Å². The van der Waals surface area contributed by atoms with E-state index in [-0.39, 0.29) is 12.5 Å². The summed E-state index contributed by atoms with van der Waals surface area (Å²) in [4.78, 5) is 14.1. The second kappa shape index (κ2) is 7.57. The summed E-state index contributed by atoms with van der Waals surface area (Å²) in [6.07, 6.45) is 4.10. The summed E-state index contributed by atoms with van der Waals surface area (Å²) in [6.45, 7) is 1.01. The van der Waals surface area contributed by atoms with Crippen molar-refractivity contribution in [3.8, 4) is 0 Å². The number of aliphatic hydroxyl groups is 2. The molecule has 1 aliphatic heterocycles. The largest absolute Gasteiger partial charge is 0.393 e. The lowest BCUT2D eigenvalue weighted by atomic mass is 9.96. The number of hydrogen-bond acceptors (Lipinski definition) is 3. The van der Waals surface area contributed by atoms with E-state index >= 15 is 0 Å². The molecule has 0 bridgehead atoms. The Hall–Kier alpha value is -1.39. The lowest BCUT2D eigenvalue weighted by Gasteiger charge is -2.24. The van der Waals surface area contributed by atoms with Gasteiger partial charge >= 0.3 is 0 Å². The number of aryl methyl sites for hydroxylation is 1. The Balaban J connectivity index is 1.76. The molecule has 1 saturated heterocycles. The van der Waals surface area contributed by atoms with Crippen LogP contribution in [0.2, 0.25) is 0 Å². The molecule has 0 unspecified atom stereocenters. The van der Waals surface area contributed by atoms with E-state index in [9.17, 15) is 15.0 Å². The maximum Gasteiger partial charge on any atom is 0.222 e. The first-order valence-corrected chi connectivity index (χ1v) is 7.78. The molecule has 4 heteroatoms. The van der Waals surface area contributed by atoms with E-state index in [1.54, 1.807) is 0 Å². The Morgan fingerprint density at radius 2 is 1.95 bits per heavy atom. The van der Waals surface area contributed by atoms with Crippen molar-refractivity contribution in [1.82, 2.24) is 4.90 Å². The summed E-state index contributed by atoms with van der Waals surface area (Å²) >= 11 is 0. The Morgan fingerprint density at radius 1 is 1.19 bits per heavy atom. The number of hydrogen-bond donors (Lipinski definition) is 2. The van der Waals surface area contributed by atoms with Gasteiger partial charge in [0.2, 0.25) is 5.91 Å². The van der Waals surface area contributed by atoms with Gasteiger partial charge in [-0.15, -0.1) is 0 Å². The first kappa shape index (κ1) is 16.0. The number of likely N-dealkylation sites (tertiary alicyclic amines) is 1. The van der Waals surface area contributed by atoms with Crippen LogP contribution in [0.5, 0.6) is 0 Å². The van der Waals surface area contributed by atoms with Crippen molar-refractivity contribution in [3.05, 3.63) is 35.9 Å². The third-order valence-corrected chi connectivity index (χ3v) is 4.26. The fourth-order valence-electron chi connectivity index (χ4n) is 2.83. The van der Waals surface area contributed by atoms with Gasteiger partial charge in [-0.2, -0.15) is 0 Å². The molecule has 116 valence electrons. The molecule has 1 aromatic rings. The van der Waals surface area contributed by atoms with Gasteiger partial charge < -0.3 is 15.1 Å². The van der Waals surface area contributed by atoms with Crippen molar-refractivity contribution in [3.63, 3.8) is 0 Å². The first-order valence-electron chi connectivity index (χ1n) is 7.78. The lowest BCUT2D eigenvalue weighted by molar-refractivity contribution is -0.131. The standard InChI is InChI=1S/C17H25NO3/c19-14-17(21)10-5-12-18(13-11-17)16(20)9-4-8-15-6-2-1-3-7-15/h1-3,6-7,19,21H,4-5,8-14H2/t17-/m0/s1. The average molecular weight is 291 g/mol. The summed E-state index contributed by atoms with van der Waals surface area (Å²) in [5.41, 5.74) is 0.259. The van der Waals surface area contributed by atoms with E-state index < -0.39 is 5.60 Å². The number of rotatable bonds is 5. The monoisotopic (exact) mass is 291 g/mol. The molecule has 0 aliphatic carbocycles. The van der Waals surface area contributed by atoms with Crippen LogP contribution in [0, 0.1) is 0 Å². The maximum atomic E-state index is 12.2. The van der Waals surface area contributed by atoms with Crippen molar-refractivity contribution in [2.75, 3.05) is 19.7 Å². The fraction of sp³-hybridized carbons (Fsp3) is 0.588. The highest BCUT2D eigenvalue weighted by atomic mass is 16.3. The molecule has 2 N–H and O–H groups in total. The summed E-state index contributed by atoms with van der Waals surface area (Å²) < 4.78 is 0. The Bertz CT molecular complexity index is 449. The summed E-state index contributed by atoms with van der Waals surface area (Å²) in [5.74, 6) is 0.160. The molecule has 1 aliphatic rings. The van der Waals surface area contributed by atoms with Gasteiger partial charge in [-0.1, -0.05) is 30.3 Å². The zero-order valence-electron chi connectivity index (χ0n) is 12.5. The van der Waals surface area contributed by atoms with Crippen molar-refractivity contribution >= 4 is 5.91 Å². The Morgan fingerprint density at radius 3 is 2.67 bits per heavy atom. The smallest absolute Gasteiger partial charge is 0.222 e. The molecule has 1 atom stereocenters. The lowest BCUT2D eigenvalue weighted by Crippen LogP contribution is -2.36. The molecule has 2 rings (SSSR count). The molecule has 0 saturated carbocycles. The number of carbonyl (C=O) groups excluding carboxylic acids is 1. The Labute approximate surface area is 126 Å². The van der Waals surface area contributed by atoms with Crippen LogP contribution in [0.3, 0.4) is 0 Å². The second-order valence-corrected chi connectivity index (χ2v) is 5.96. The van der Waals surface area contributed by atoms with Crippen molar-refractivity contribution in [1.29, 1.82) is 0 Å². The van der Waals surface area contributed by atoms with Crippen molar-refractivity contribution in [2.45, 2.75) is 44.1 Å². The zero-order chi connectivity index (χ0) is 15.1. The molecule has 4 nitrogen and oxygen atoms in total. The Kier molecular flexibility index (Phi) is 5.76. The van der Waals surface area contributed by atoms with Crippen molar-refractivity contribution < 1.29 is 15.0 Å². The minimum atomic E-state index is -1.00. The molecular weight excluding hydrogens is 266 g/mol. The van der Waals surface area contributed by atoms with Crippen LogP contribution in [0.4, 0.5) is 0 Å². The van der Waals surface area contributed by atoms with Gasteiger partial charge in [0.05, 0.1) is 12.2 Å². The SMILES string of the molecule is O=C(CCCc1ccccc1)N1CCC[C@@](O)(CO)CC1. The molecule has 0 spiro atoms. The third-order valence-electron chi connectivity index (χ3n) is 4.26. The summed E-state index contributed by atoms with van der Waals surface area (Å²) in [6, 6.07) is 10.2. The van der Waals surface area contributed by atoms with Gasteiger partial charge in [0.1, 0.15) is 0 Å². The minimum absolute atomic E-state index is 0.160. The highest BCUT2D eigenvalue weighted by molar-refractivity contribution is 5.76. The van der Waals surface area contributed by atoms with E-state index in [1.807, 2.05) is 23.1 Å². The van der Waals surface area contributed by atoms with Crippen LogP contribution < -0.4 is 0 Å². The second-order valence-electron chi connectivity index (χ2n) is 5.96. The minimum Gasteiger partial charge on any atom is -0.393 e. The number of benzene rings is 1. The number of amides is 1. The van der Waals surface area contributed by atoms with E-state index in [4.69, 9.17) is 0 Å². The van der Waals surface area contributed by atoms with Gasteiger partial charge in [0.25, 0.3) is 0 Å². The zero-order valence-corrected chi connectivity index (χ0v) is 12.5. The predicted molar refractivity (Wildman–Crippen MR) is 81.8 cm³/mol. The molecular formula is C17H25NO3. The van der Waals surface area contributed by atoms with E-state index in [0.717, 1.165) is 19.3 Å². The molecule has 1 fully saturated rings. The van der Waals surface area contributed by atoms with Crippen LogP contribution in [0.25, 0.3) is 0 Å². The van der Waals surface area contributed by atoms with Gasteiger partial charge in [0, 0.05) is 19.5 Å². The third kappa shape index (κ3) is 4.83. The van der Waals surface area contributed by atoms with Gasteiger partial charge in [-0.3, -0.25) is 4.79 Å². The van der Waals surface area contributed by atoms with Crippen LogP contribution >= 0.6 is 0 Å². The topological polar surface area (TPSA) is 60.8 Å².